The molecule has 1 N–H and O–H groups in total. The minimum Gasteiger partial charge on any atom is -0.465 e. The summed E-state index contributed by atoms with van der Waals surface area (Å²) >= 11 is 6.63. The summed E-state index contributed by atoms with van der Waals surface area (Å²) in [5, 5.41) is 20.2. The van der Waals surface area contributed by atoms with Crippen molar-refractivity contribution in [3.05, 3.63) is 37.9 Å². The lowest BCUT2D eigenvalue weighted by Crippen LogP contribution is -2.06. The number of rotatable bonds is 3. The Morgan fingerprint density at radius 1 is 1.40 bits per heavy atom. The lowest BCUT2D eigenvalue weighted by atomic mass is 10.1. The fourth-order valence-electron chi connectivity index (χ4n) is 1.44. The van der Waals surface area contributed by atoms with Crippen molar-refractivity contribution < 1.29 is 9.53 Å². The Bertz CT molecular complexity index is 654. The van der Waals surface area contributed by atoms with E-state index in [9.17, 15) is 4.79 Å². The summed E-state index contributed by atoms with van der Waals surface area (Å²) in [6, 6.07) is 5.23. The van der Waals surface area contributed by atoms with Gasteiger partial charge in [-0.05, 0) is 50.4 Å². The number of ether oxygens (including phenoxy) is 1. The molecule has 102 valence electrons. The first-order valence-electron chi connectivity index (χ1n) is 5.30. The molecule has 5 nitrogen and oxygen atoms in total. The normalized spacial score (nSPS) is 9.10. The van der Waals surface area contributed by atoms with Crippen molar-refractivity contribution in [2.24, 2.45) is 0 Å². The number of hydrogen-bond acceptors (Lipinski definition) is 5. The average molecular weight is 399 g/mol. The zero-order valence-corrected chi connectivity index (χ0v) is 13.8. The third-order valence-corrected chi connectivity index (χ3v) is 3.83. The molecule has 7 heteroatoms. The van der Waals surface area contributed by atoms with Gasteiger partial charge in [-0.2, -0.15) is 10.5 Å². The third-order valence-electron chi connectivity index (χ3n) is 2.41. The quantitative estimate of drug-likeness (QED) is 0.620. The molecular weight excluding hydrogens is 390 g/mol. The second kappa shape index (κ2) is 7.09. The van der Waals surface area contributed by atoms with Gasteiger partial charge in [-0.15, -0.1) is 0 Å². The predicted molar refractivity (Wildman–Crippen MR) is 80.9 cm³/mol. The largest absolute Gasteiger partial charge is 0.465 e. The monoisotopic (exact) mass is 397 g/mol. The summed E-state index contributed by atoms with van der Waals surface area (Å²) in [6.07, 6.45) is 1.28. The van der Waals surface area contributed by atoms with E-state index in [1.165, 1.54) is 13.3 Å². The molecule has 0 saturated carbocycles. The van der Waals surface area contributed by atoms with Gasteiger partial charge in [0.15, 0.2) is 0 Å². The van der Waals surface area contributed by atoms with Crippen LogP contribution in [0.1, 0.15) is 15.9 Å². The number of esters is 1. The molecule has 0 saturated heterocycles. The van der Waals surface area contributed by atoms with E-state index in [-0.39, 0.29) is 5.57 Å². The van der Waals surface area contributed by atoms with Crippen LogP contribution in [0.2, 0.25) is 0 Å². The average Bonchev–Trinajstić information content (AvgIpc) is 2.42. The maximum atomic E-state index is 11.7. The van der Waals surface area contributed by atoms with Gasteiger partial charge in [-0.1, -0.05) is 0 Å². The Balaban J connectivity index is 3.36. The lowest BCUT2D eigenvalue weighted by molar-refractivity contribution is 0.0598. The standard InChI is InChI=1S/C13H9Br2N3O2/c1-7-3-9(14)10(13(19)20-2)11(15)12(7)18-6-8(4-16)5-17/h3,6,18H,1-2H3. The van der Waals surface area contributed by atoms with E-state index in [0.717, 1.165) is 5.56 Å². The Morgan fingerprint density at radius 2 is 2.00 bits per heavy atom. The van der Waals surface area contributed by atoms with Gasteiger partial charge < -0.3 is 10.1 Å². The van der Waals surface area contributed by atoms with Crippen molar-refractivity contribution in [2.45, 2.75) is 6.92 Å². The van der Waals surface area contributed by atoms with Crippen LogP contribution in [0.15, 0.2) is 26.8 Å². The predicted octanol–water partition coefficient (Wildman–Crippen LogP) is 3.65. The molecule has 0 radical (unpaired) electrons. The minimum absolute atomic E-state index is 0.0705. The Hall–Kier alpha value is -1.83. The Kier molecular flexibility index (Phi) is 5.75. The van der Waals surface area contributed by atoms with Crippen molar-refractivity contribution >= 4 is 43.5 Å². The van der Waals surface area contributed by atoms with Crippen LogP contribution < -0.4 is 5.32 Å². The zero-order chi connectivity index (χ0) is 15.3. The lowest BCUT2D eigenvalue weighted by Gasteiger charge is -2.13. The molecule has 0 aliphatic heterocycles. The molecule has 0 fully saturated rings. The fourth-order valence-corrected chi connectivity index (χ4v) is 3.21. The van der Waals surface area contributed by atoms with E-state index >= 15 is 0 Å². The number of nitriles is 2. The van der Waals surface area contributed by atoms with Crippen LogP contribution in [0.3, 0.4) is 0 Å². The number of methoxy groups -OCH3 is 1. The SMILES string of the molecule is COC(=O)c1c(Br)cc(C)c(NC=C(C#N)C#N)c1Br. The second-order valence-electron chi connectivity index (χ2n) is 3.66. The van der Waals surface area contributed by atoms with E-state index in [4.69, 9.17) is 15.3 Å². The summed E-state index contributed by atoms with van der Waals surface area (Å²) in [6.45, 7) is 1.82. The smallest absolute Gasteiger partial charge is 0.340 e. The van der Waals surface area contributed by atoms with Gasteiger partial charge in [-0.25, -0.2) is 4.79 Å². The first kappa shape index (κ1) is 16.2. The van der Waals surface area contributed by atoms with E-state index < -0.39 is 5.97 Å². The summed E-state index contributed by atoms with van der Waals surface area (Å²) in [4.78, 5) is 11.7. The van der Waals surface area contributed by atoms with Crippen LogP contribution in [-0.4, -0.2) is 13.1 Å². The van der Waals surface area contributed by atoms with E-state index in [1.807, 2.05) is 6.92 Å². The molecule has 1 aromatic rings. The number of benzene rings is 1. The van der Waals surface area contributed by atoms with Crippen LogP contribution in [0, 0.1) is 29.6 Å². The van der Waals surface area contributed by atoms with Crippen LogP contribution >= 0.6 is 31.9 Å². The molecule has 0 atom stereocenters. The second-order valence-corrected chi connectivity index (χ2v) is 5.30. The number of anilines is 1. The molecule has 1 aromatic carbocycles. The molecule has 0 unspecified atom stereocenters. The number of nitrogens with zero attached hydrogens (tertiary/aromatic N) is 2. The van der Waals surface area contributed by atoms with Gasteiger partial charge in [-0.3, -0.25) is 0 Å². The first-order valence-corrected chi connectivity index (χ1v) is 6.88. The highest BCUT2D eigenvalue weighted by atomic mass is 79.9. The first-order chi connectivity index (χ1) is 9.46. The molecule has 20 heavy (non-hydrogen) atoms. The van der Waals surface area contributed by atoms with E-state index in [0.29, 0.717) is 20.2 Å². The number of carbonyl (C=O) groups excluding carboxylic acids is 1. The number of hydrogen-bond donors (Lipinski definition) is 1. The van der Waals surface area contributed by atoms with E-state index in [2.05, 4.69) is 37.2 Å². The van der Waals surface area contributed by atoms with Crippen LogP contribution in [-0.2, 0) is 4.74 Å². The maximum absolute atomic E-state index is 11.7. The van der Waals surface area contributed by atoms with Gasteiger partial charge in [0.2, 0.25) is 0 Å². The topological polar surface area (TPSA) is 85.9 Å². The van der Waals surface area contributed by atoms with Crippen LogP contribution in [0.4, 0.5) is 5.69 Å². The number of nitrogens with one attached hydrogen (secondary N) is 1. The zero-order valence-electron chi connectivity index (χ0n) is 10.6. The van der Waals surface area contributed by atoms with Crippen LogP contribution in [0.25, 0.3) is 0 Å². The molecule has 0 heterocycles. The number of aryl methyl sites for hydroxylation is 1. The molecule has 0 bridgehead atoms. The number of carbonyl (C=O) groups is 1. The molecule has 1 rings (SSSR count). The van der Waals surface area contributed by atoms with Crippen molar-refractivity contribution in [1.29, 1.82) is 10.5 Å². The summed E-state index contributed by atoms with van der Waals surface area (Å²) in [5.41, 5.74) is 1.66. The molecule has 0 aromatic heterocycles. The Morgan fingerprint density at radius 3 is 2.50 bits per heavy atom. The minimum atomic E-state index is -0.503. The number of allylic oxidation sites excluding steroid dienone is 1. The van der Waals surface area contributed by atoms with E-state index in [1.54, 1.807) is 18.2 Å². The highest BCUT2D eigenvalue weighted by molar-refractivity contribution is 9.11. The highest BCUT2D eigenvalue weighted by Crippen LogP contribution is 2.35. The summed E-state index contributed by atoms with van der Waals surface area (Å²) in [5.74, 6) is -0.503. The van der Waals surface area contributed by atoms with Gasteiger partial charge in [0.1, 0.15) is 17.7 Å². The molecule has 0 spiro atoms. The van der Waals surface area contributed by atoms with Gasteiger partial charge in [0, 0.05) is 10.7 Å². The van der Waals surface area contributed by atoms with Gasteiger partial charge in [0.25, 0.3) is 0 Å². The molecule has 0 amide bonds. The molecular formula is C13H9Br2N3O2. The Labute approximate surface area is 133 Å². The molecule has 0 aliphatic rings. The van der Waals surface area contributed by atoms with Gasteiger partial charge in [0.05, 0.1) is 22.8 Å². The third kappa shape index (κ3) is 3.38. The van der Waals surface area contributed by atoms with Crippen molar-refractivity contribution in [2.75, 3.05) is 12.4 Å². The number of halogens is 2. The summed E-state index contributed by atoms with van der Waals surface area (Å²) < 4.78 is 5.79. The highest BCUT2D eigenvalue weighted by Gasteiger charge is 2.19. The molecule has 0 aliphatic carbocycles. The van der Waals surface area contributed by atoms with Gasteiger partial charge >= 0.3 is 5.97 Å². The fraction of sp³-hybridized carbons (Fsp3) is 0.154. The van der Waals surface area contributed by atoms with Crippen LogP contribution in [0.5, 0.6) is 0 Å². The maximum Gasteiger partial charge on any atom is 0.340 e. The van der Waals surface area contributed by atoms with Crippen molar-refractivity contribution in [3.63, 3.8) is 0 Å². The van der Waals surface area contributed by atoms with Crippen molar-refractivity contribution in [3.8, 4) is 12.1 Å². The summed E-state index contributed by atoms with van der Waals surface area (Å²) in [7, 11) is 1.29. The van der Waals surface area contributed by atoms with Crippen molar-refractivity contribution in [1.82, 2.24) is 0 Å².